The van der Waals surface area contributed by atoms with Crippen molar-refractivity contribution in [2.75, 3.05) is 7.05 Å². The number of hydrogen-bond acceptors (Lipinski definition) is 5. The van der Waals surface area contributed by atoms with Gasteiger partial charge >= 0.3 is 11.9 Å². The van der Waals surface area contributed by atoms with Gasteiger partial charge in [-0.2, -0.15) is 0 Å². The Bertz CT molecular complexity index is 379. The van der Waals surface area contributed by atoms with Gasteiger partial charge in [0.15, 0.2) is 6.10 Å². The Morgan fingerprint density at radius 3 is 2.33 bits per heavy atom. The number of carbonyl (C=O) groups is 3. The van der Waals surface area contributed by atoms with E-state index in [1.165, 1.54) is 18.7 Å². The molecule has 0 saturated carbocycles. The van der Waals surface area contributed by atoms with Gasteiger partial charge in [0.1, 0.15) is 0 Å². The molecule has 1 heterocycles. The van der Waals surface area contributed by atoms with Crippen LogP contribution in [0.5, 0.6) is 0 Å². The van der Waals surface area contributed by atoms with Crippen molar-refractivity contribution in [3.63, 3.8) is 0 Å². The standard InChI is InChI=1S/C12H17NO5/c1-5-6-9-10(17-7(2)14)11(18-8(3)15)12(16)13(9)4/h5,9-11H,1,6H2,2-4H3/t9-,10-,11+/m0/s1. The molecule has 18 heavy (non-hydrogen) atoms. The number of likely N-dealkylation sites (tertiary alicyclic amines) is 1. The molecule has 1 fully saturated rings. The van der Waals surface area contributed by atoms with E-state index in [1.807, 2.05) is 0 Å². The average Bonchev–Trinajstić information content (AvgIpc) is 2.45. The summed E-state index contributed by atoms with van der Waals surface area (Å²) in [5.41, 5.74) is 0. The van der Waals surface area contributed by atoms with E-state index >= 15 is 0 Å². The van der Waals surface area contributed by atoms with Crippen molar-refractivity contribution in [3.8, 4) is 0 Å². The molecule has 0 bridgehead atoms. The summed E-state index contributed by atoms with van der Waals surface area (Å²) in [5, 5.41) is 0. The Hall–Kier alpha value is -1.85. The third-order valence-electron chi connectivity index (χ3n) is 2.77. The second-order valence-electron chi connectivity index (χ2n) is 4.14. The zero-order valence-electron chi connectivity index (χ0n) is 10.7. The van der Waals surface area contributed by atoms with Crippen LogP contribution in [0.2, 0.25) is 0 Å². The highest BCUT2D eigenvalue weighted by Crippen LogP contribution is 2.26. The highest BCUT2D eigenvalue weighted by molar-refractivity contribution is 5.87. The van der Waals surface area contributed by atoms with Gasteiger partial charge in [0.2, 0.25) is 6.10 Å². The van der Waals surface area contributed by atoms with E-state index < -0.39 is 24.1 Å². The van der Waals surface area contributed by atoms with Crippen molar-refractivity contribution >= 4 is 17.8 Å². The number of likely N-dealkylation sites (N-methyl/N-ethyl adjacent to an activating group) is 1. The molecule has 1 saturated heterocycles. The van der Waals surface area contributed by atoms with Crippen molar-refractivity contribution in [3.05, 3.63) is 12.7 Å². The molecule has 0 aromatic heterocycles. The van der Waals surface area contributed by atoms with Gasteiger partial charge in [-0.3, -0.25) is 14.4 Å². The zero-order chi connectivity index (χ0) is 13.9. The molecule has 0 aromatic carbocycles. The minimum absolute atomic E-state index is 0.358. The first-order valence-electron chi connectivity index (χ1n) is 5.60. The summed E-state index contributed by atoms with van der Waals surface area (Å²) < 4.78 is 10.0. The van der Waals surface area contributed by atoms with Gasteiger partial charge in [-0.15, -0.1) is 6.58 Å². The summed E-state index contributed by atoms with van der Waals surface area (Å²) in [6.07, 6.45) is 0.224. The molecule has 3 atom stereocenters. The van der Waals surface area contributed by atoms with Crippen LogP contribution in [0.3, 0.4) is 0 Å². The molecule has 0 spiro atoms. The molecule has 0 radical (unpaired) electrons. The number of rotatable bonds is 4. The van der Waals surface area contributed by atoms with Gasteiger partial charge in [-0.1, -0.05) is 6.08 Å². The number of esters is 2. The summed E-state index contributed by atoms with van der Waals surface area (Å²) in [6, 6.07) is -0.358. The molecule has 1 aliphatic rings. The Balaban J connectivity index is 2.97. The Kier molecular flexibility index (Phi) is 4.47. The Labute approximate surface area is 106 Å². The largest absolute Gasteiger partial charge is 0.456 e. The second kappa shape index (κ2) is 5.66. The number of amides is 1. The van der Waals surface area contributed by atoms with Crippen LogP contribution in [0, 0.1) is 0 Å². The van der Waals surface area contributed by atoms with Crippen molar-refractivity contribution in [1.82, 2.24) is 4.90 Å². The van der Waals surface area contributed by atoms with Crippen LogP contribution in [-0.4, -0.2) is 48.0 Å². The molecule has 6 nitrogen and oxygen atoms in total. The van der Waals surface area contributed by atoms with E-state index in [1.54, 1.807) is 13.1 Å². The van der Waals surface area contributed by atoms with Gasteiger partial charge < -0.3 is 14.4 Å². The first-order valence-corrected chi connectivity index (χ1v) is 5.60. The van der Waals surface area contributed by atoms with Crippen LogP contribution < -0.4 is 0 Å². The Morgan fingerprint density at radius 2 is 1.89 bits per heavy atom. The molecule has 1 aliphatic heterocycles. The SMILES string of the molecule is C=CC[C@H]1[C@H](OC(C)=O)[C@@H](OC(C)=O)C(=O)N1C. The van der Waals surface area contributed by atoms with E-state index in [9.17, 15) is 14.4 Å². The van der Waals surface area contributed by atoms with Crippen LogP contribution in [0.1, 0.15) is 20.3 Å². The molecule has 6 heteroatoms. The average molecular weight is 255 g/mol. The summed E-state index contributed by atoms with van der Waals surface area (Å²) in [6.45, 7) is 6.05. The predicted molar refractivity (Wildman–Crippen MR) is 62.5 cm³/mol. The van der Waals surface area contributed by atoms with Crippen molar-refractivity contribution in [2.45, 2.75) is 38.5 Å². The fourth-order valence-electron chi connectivity index (χ4n) is 2.02. The summed E-state index contributed by atoms with van der Waals surface area (Å²) in [5.74, 6) is -1.48. The number of hydrogen-bond donors (Lipinski definition) is 0. The first-order chi connectivity index (χ1) is 8.38. The number of carbonyl (C=O) groups excluding carboxylic acids is 3. The number of ether oxygens (including phenoxy) is 2. The van der Waals surface area contributed by atoms with Crippen molar-refractivity contribution in [2.24, 2.45) is 0 Å². The lowest BCUT2D eigenvalue weighted by molar-refractivity contribution is -0.165. The normalized spacial score (nSPS) is 26.9. The minimum atomic E-state index is -1.07. The molecular formula is C12H17NO5. The summed E-state index contributed by atoms with van der Waals surface area (Å²) in [7, 11) is 1.58. The zero-order valence-corrected chi connectivity index (χ0v) is 10.7. The topological polar surface area (TPSA) is 72.9 Å². The fraction of sp³-hybridized carbons (Fsp3) is 0.583. The first kappa shape index (κ1) is 14.2. The van der Waals surface area contributed by atoms with Crippen LogP contribution >= 0.6 is 0 Å². The van der Waals surface area contributed by atoms with E-state index in [0.29, 0.717) is 6.42 Å². The van der Waals surface area contributed by atoms with Gasteiger partial charge in [0, 0.05) is 20.9 Å². The Morgan fingerprint density at radius 1 is 1.33 bits per heavy atom. The maximum atomic E-state index is 11.9. The lowest BCUT2D eigenvalue weighted by Crippen LogP contribution is -2.38. The molecule has 0 N–H and O–H groups in total. The van der Waals surface area contributed by atoms with E-state index in [4.69, 9.17) is 9.47 Å². The number of nitrogens with zero attached hydrogens (tertiary/aromatic N) is 1. The lowest BCUT2D eigenvalue weighted by Gasteiger charge is -2.23. The monoisotopic (exact) mass is 255 g/mol. The van der Waals surface area contributed by atoms with Crippen LogP contribution in [-0.2, 0) is 23.9 Å². The van der Waals surface area contributed by atoms with Gasteiger partial charge in [0.05, 0.1) is 6.04 Å². The second-order valence-corrected chi connectivity index (χ2v) is 4.14. The van der Waals surface area contributed by atoms with Crippen LogP contribution in [0.4, 0.5) is 0 Å². The quantitative estimate of drug-likeness (QED) is 0.532. The van der Waals surface area contributed by atoms with Gasteiger partial charge in [-0.05, 0) is 6.42 Å². The van der Waals surface area contributed by atoms with Gasteiger partial charge in [0.25, 0.3) is 5.91 Å². The highest BCUT2D eigenvalue weighted by atomic mass is 16.6. The molecule has 0 aromatic rings. The van der Waals surface area contributed by atoms with E-state index in [0.717, 1.165) is 0 Å². The third kappa shape index (κ3) is 2.88. The van der Waals surface area contributed by atoms with Crippen LogP contribution in [0.15, 0.2) is 12.7 Å². The smallest absolute Gasteiger partial charge is 0.303 e. The van der Waals surface area contributed by atoms with E-state index in [2.05, 4.69) is 6.58 Å². The molecular weight excluding hydrogens is 238 g/mol. The molecule has 1 amide bonds. The molecule has 0 aliphatic carbocycles. The summed E-state index contributed by atoms with van der Waals surface area (Å²) >= 11 is 0. The maximum absolute atomic E-state index is 11.9. The summed E-state index contributed by atoms with van der Waals surface area (Å²) in [4.78, 5) is 35.4. The van der Waals surface area contributed by atoms with Crippen LogP contribution in [0.25, 0.3) is 0 Å². The maximum Gasteiger partial charge on any atom is 0.303 e. The van der Waals surface area contributed by atoms with Gasteiger partial charge in [-0.25, -0.2) is 0 Å². The fourth-order valence-corrected chi connectivity index (χ4v) is 2.02. The highest BCUT2D eigenvalue weighted by Gasteiger charge is 2.50. The minimum Gasteiger partial charge on any atom is -0.456 e. The molecule has 0 unspecified atom stereocenters. The molecule has 1 rings (SSSR count). The predicted octanol–water partition coefficient (Wildman–Crippen LogP) is 0.266. The van der Waals surface area contributed by atoms with Crippen molar-refractivity contribution in [1.29, 1.82) is 0 Å². The van der Waals surface area contributed by atoms with E-state index in [-0.39, 0.29) is 11.9 Å². The van der Waals surface area contributed by atoms with Crippen molar-refractivity contribution < 1.29 is 23.9 Å². The third-order valence-corrected chi connectivity index (χ3v) is 2.77. The molecule has 100 valence electrons. The lowest BCUT2D eigenvalue weighted by atomic mass is 10.1.